The van der Waals surface area contributed by atoms with Gasteiger partial charge < -0.3 is 15.3 Å². The smallest absolute Gasteiger partial charge is 0.154 e. The number of hydrogen-bond acceptors (Lipinski definition) is 3. The molecule has 0 saturated heterocycles. The molecule has 0 bridgehead atoms. The Morgan fingerprint density at radius 2 is 1.88 bits per heavy atom. The van der Waals surface area contributed by atoms with E-state index in [-0.39, 0.29) is 11.3 Å². The Balaban J connectivity index is 1.78. The Morgan fingerprint density at radius 1 is 1.19 bits per heavy atom. The minimum Gasteiger partial charge on any atom is -0.393 e. The maximum atomic E-state index is 14.9. The third-order valence-corrected chi connectivity index (χ3v) is 8.85. The Kier molecular flexibility index (Phi) is 7.30. The highest BCUT2D eigenvalue weighted by atomic mass is 19.1. The van der Waals surface area contributed by atoms with Gasteiger partial charge in [-0.15, -0.1) is 0 Å². The second-order valence-electron chi connectivity index (χ2n) is 11.5. The minimum atomic E-state index is -1.76. The van der Waals surface area contributed by atoms with E-state index in [4.69, 9.17) is 0 Å². The van der Waals surface area contributed by atoms with E-state index in [1.165, 1.54) is 32.8 Å². The van der Waals surface area contributed by atoms with Crippen molar-refractivity contribution in [2.75, 3.05) is 0 Å². The van der Waals surface area contributed by atoms with Crippen LogP contribution in [-0.2, 0) is 0 Å². The van der Waals surface area contributed by atoms with Crippen molar-refractivity contribution in [3.05, 3.63) is 47.6 Å². The molecular weight excluding hydrogens is 403 g/mol. The quantitative estimate of drug-likeness (QED) is 0.467. The molecule has 32 heavy (non-hydrogen) atoms. The van der Waals surface area contributed by atoms with Gasteiger partial charge in [0.1, 0.15) is 0 Å². The van der Waals surface area contributed by atoms with E-state index in [0.717, 1.165) is 36.8 Å². The zero-order chi connectivity index (χ0) is 23.9. The summed E-state index contributed by atoms with van der Waals surface area (Å²) in [6.07, 6.45) is 13.2. The summed E-state index contributed by atoms with van der Waals surface area (Å²) in [6.45, 7) is 13.1. The van der Waals surface area contributed by atoms with Crippen LogP contribution in [0.15, 0.2) is 47.6 Å². The lowest BCUT2D eigenvalue weighted by atomic mass is 9.61. The highest BCUT2D eigenvalue weighted by Gasteiger charge is 2.50. The number of rotatable bonds is 5. The van der Waals surface area contributed by atoms with Crippen LogP contribution >= 0.6 is 0 Å². The van der Waals surface area contributed by atoms with Crippen molar-refractivity contribution >= 4 is 0 Å². The number of alkyl halides is 1. The molecule has 3 fully saturated rings. The summed E-state index contributed by atoms with van der Waals surface area (Å²) in [7, 11) is 0. The van der Waals surface area contributed by atoms with E-state index in [1.807, 2.05) is 6.08 Å². The summed E-state index contributed by atoms with van der Waals surface area (Å²) in [5.41, 5.74) is 0.145. The van der Waals surface area contributed by atoms with Crippen LogP contribution in [0.3, 0.4) is 0 Å². The van der Waals surface area contributed by atoms with Crippen LogP contribution in [-0.4, -0.2) is 38.8 Å². The fraction of sp³-hybridized carbons (Fsp3) is 0.714. The predicted molar refractivity (Wildman–Crippen MR) is 129 cm³/mol. The summed E-state index contributed by atoms with van der Waals surface area (Å²) in [4.78, 5) is 0. The molecule has 0 aromatic heterocycles. The summed E-state index contributed by atoms with van der Waals surface area (Å²) < 4.78 is 14.9. The summed E-state index contributed by atoms with van der Waals surface area (Å²) in [6, 6.07) is 0. The Labute approximate surface area is 193 Å². The molecule has 3 saturated carbocycles. The second kappa shape index (κ2) is 9.19. The number of hydrogen-bond donors (Lipinski definition) is 3. The maximum Gasteiger partial charge on any atom is 0.154 e. The standard InChI is InChI=1S/C28H43FO3/c1-18(13-15-28(6,29)26(3,4)32)23-11-12-24-20(8-7-14-27(23,24)5)9-10-21-16-22(30)17-25(31)19(21)2/h9-10,13,15,18,22-25,30-32H,2,7-8,11-12,14,16-17H2,1,3-6H3/b15-13+,20-9+,21-10-/t18-,22-,23-,24+,25+,27-,28+/m1/s1. The molecule has 3 rings (SSSR count). The van der Waals surface area contributed by atoms with Crippen LogP contribution in [0.4, 0.5) is 4.39 Å². The number of aliphatic hydroxyl groups excluding tert-OH is 2. The van der Waals surface area contributed by atoms with E-state index in [1.54, 1.807) is 6.08 Å². The van der Waals surface area contributed by atoms with Gasteiger partial charge >= 0.3 is 0 Å². The molecule has 0 aromatic carbocycles. The van der Waals surface area contributed by atoms with E-state index < -0.39 is 23.5 Å². The van der Waals surface area contributed by atoms with Crippen molar-refractivity contribution in [1.82, 2.24) is 0 Å². The predicted octanol–water partition coefficient (Wildman–Crippen LogP) is 5.82. The van der Waals surface area contributed by atoms with Gasteiger partial charge in [-0.1, -0.05) is 44.2 Å². The zero-order valence-corrected chi connectivity index (χ0v) is 20.6. The number of fused-ring (bicyclic) bond motifs is 1. The average Bonchev–Trinajstić information content (AvgIpc) is 3.04. The third-order valence-electron chi connectivity index (χ3n) is 8.85. The SMILES string of the molecule is C=C1/C(=C\C=C2/CCC[C@]3(C)[C@@H]([C@H](C)/C=C/[C@](C)(F)C(C)(C)O)CC[C@@H]23)C[C@@H](O)C[C@@H]1O. The summed E-state index contributed by atoms with van der Waals surface area (Å²) in [5.74, 6) is 1.22. The average molecular weight is 447 g/mol. The van der Waals surface area contributed by atoms with Crippen molar-refractivity contribution < 1.29 is 19.7 Å². The fourth-order valence-corrected chi connectivity index (χ4v) is 6.28. The lowest BCUT2D eigenvalue weighted by molar-refractivity contribution is -0.0389. The monoisotopic (exact) mass is 446 g/mol. The number of allylic oxidation sites excluding steroid dienone is 4. The molecule has 3 aliphatic rings. The van der Waals surface area contributed by atoms with E-state index >= 15 is 0 Å². The van der Waals surface area contributed by atoms with Crippen molar-refractivity contribution in [3.8, 4) is 0 Å². The van der Waals surface area contributed by atoms with Crippen LogP contribution in [0.2, 0.25) is 0 Å². The zero-order valence-electron chi connectivity index (χ0n) is 20.6. The van der Waals surface area contributed by atoms with Gasteiger partial charge in [0, 0.05) is 6.42 Å². The molecule has 0 amide bonds. The first kappa shape index (κ1) is 25.4. The van der Waals surface area contributed by atoms with Gasteiger partial charge in [-0.05, 0) is 99.7 Å². The Bertz CT molecular complexity index is 800. The van der Waals surface area contributed by atoms with E-state index in [0.29, 0.717) is 24.7 Å². The van der Waals surface area contributed by atoms with Gasteiger partial charge in [0.25, 0.3) is 0 Å². The van der Waals surface area contributed by atoms with Crippen molar-refractivity contribution in [3.63, 3.8) is 0 Å². The minimum absolute atomic E-state index is 0.177. The van der Waals surface area contributed by atoms with Gasteiger partial charge in [-0.2, -0.15) is 0 Å². The molecule has 3 nitrogen and oxygen atoms in total. The molecule has 7 atom stereocenters. The Morgan fingerprint density at radius 3 is 2.53 bits per heavy atom. The first-order chi connectivity index (χ1) is 14.8. The van der Waals surface area contributed by atoms with Crippen LogP contribution < -0.4 is 0 Å². The lowest BCUT2D eigenvalue weighted by Crippen LogP contribution is -2.42. The summed E-state index contributed by atoms with van der Waals surface area (Å²) >= 11 is 0. The van der Waals surface area contributed by atoms with Crippen LogP contribution in [0, 0.1) is 23.2 Å². The molecule has 3 aliphatic carbocycles. The first-order valence-electron chi connectivity index (χ1n) is 12.3. The molecule has 3 N–H and O–H groups in total. The van der Waals surface area contributed by atoms with E-state index in [9.17, 15) is 19.7 Å². The fourth-order valence-electron chi connectivity index (χ4n) is 6.28. The van der Waals surface area contributed by atoms with Gasteiger partial charge in [-0.3, -0.25) is 0 Å². The highest BCUT2D eigenvalue weighted by molar-refractivity contribution is 5.38. The normalized spacial score (nSPS) is 39.5. The molecule has 0 unspecified atom stereocenters. The number of halogens is 1. The largest absolute Gasteiger partial charge is 0.393 e. The van der Waals surface area contributed by atoms with Crippen molar-refractivity contribution in [1.29, 1.82) is 0 Å². The van der Waals surface area contributed by atoms with Gasteiger partial charge in [-0.25, -0.2) is 4.39 Å². The number of aliphatic hydroxyl groups is 3. The molecule has 180 valence electrons. The molecule has 0 aliphatic heterocycles. The molecule has 0 spiro atoms. The maximum absolute atomic E-state index is 14.9. The summed E-state index contributed by atoms with van der Waals surface area (Å²) in [5, 5.41) is 30.3. The molecule has 0 aromatic rings. The van der Waals surface area contributed by atoms with Gasteiger partial charge in [0.15, 0.2) is 5.67 Å². The van der Waals surface area contributed by atoms with E-state index in [2.05, 4.69) is 32.6 Å². The van der Waals surface area contributed by atoms with Crippen molar-refractivity contribution in [2.45, 2.75) is 103 Å². The van der Waals surface area contributed by atoms with Crippen LogP contribution in [0.25, 0.3) is 0 Å². The topological polar surface area (TPSA) is 60.7 Å². The van der Waals surface area contributed by atoms with Crippen molar-refractivity contribution in [2.24, 2.45) is 23.2 Å². The Hall–Kier alpha value is -1.23. The second-order valence-corrected chi connectivity index (χ2v) is 11.5. The van der Waals surface area contributed by atoms with Gasteiger partial charge in [0.05, 0.1) is 17.8 Å². The highest BCUT2D eigenvalue weighted by Crippen LogP contribution is 2.59. The third kappa shape index (κ3) is 4.98. The van der Waals surface area contributed by atoms with Crippen LogP contribution in [0.1, 0.15) is 79.6 Å². The molecular formula is C28H43FO3. The molecule has 0 radical (unpaired) electrons. The van der Waals surface area contributed by atoms with Crippen LogP contribution in [0.5, 0.6) is 0 Å². The van der Waals surface area contributed by atoms with Gasteiger partial charge in [0.2, 0.25) is 0 Å². The lowest BCUT2D eigenvalue weighted by Gasteiger charge is -2.44. The molecule has 0 heterocycles. The first-order valence-corrected chi connectivity index (χ1v) is 12.3. The molecule has 4 heteroatoms.